The van der Waals surface area contributed by atoms with Crippen molar-refractivity contribution in [2.24, 2.45) is 0 Å². The van der Waals surface area contributed by atoms with Crippen LogP contribution in [-0.4, -0.2) is 25.3 Å². The van der Waals surface area contributed by atoms with E-state index in [9.17, 15) is 4.79 Å². The normalized spacial score (nSPS) is 10.2. The summed E-state index contributed by atoms with van der Waals surface area (Å²) in [6, 6.07) is 13.1. The van der Waals surface area contributed by atoms with Gasteiger partial charge in [-0.05, 0) is 29.8 Å². The first-order valence-electron chi connectivity index (χ1n) is 6.33. The van der Waals surface area contributed by atoms with Gasteiger partial charge in [-0.25, -0.2) is 0 Å². The van der Waals surface area contributed by atoms with Crippen molar-refractivity contribution in [2.45, 2.75) is 16.2 Å². The number of rotatable bonds is 6. The number of ether oxygens (including phenoxy) is 2. The van der Waals surface area contributed by atoms with Gasteiger partial charge in [-0.2, -0.15) is 0 Å². The summed E-state index contributed by atoms with van der Waals surface area (Å²) < 4.78 is 10.5. The second-order valence-corrected chi connectivity index (χ2v) is 5.45. The molecule has 0 atom stereocenters. The monoisotopic (exact) mass is 304 g/mol. The highest BCUT2D eigenvalue weighted by molar-refractivity contribution is 7.99. The van der Waals surface area contributed by atoms with Gasteiger partial charge in [0.15, 0.2) is 0 Å². The van der Waals surface area contributed by atoms with Gasteiger partial charge in [-0.1, -0.05) is 23.9 Å². The lowest BCUT2D eigenvalue weighted by Gasteiger charge is -2.10. The largest absolute Gasteiger partial charge is 0.497 e. The standard InChI is InChI=1S/C16H16O4S/c1-19-12-5-8-15(14(10-12)20-2)21-13-6-3-11(4-7-13)9-16(17)18/h3-8,10H,9H2,1-2H3,(H,17,18). The molecule has 4 nitrogen and oxygen atoms in total. The Morgan fingerprint density at radius 2 is 1.81 bits per heavy atom. The third-order valence-corrected chi connectivity index (χ3v) is 3.94. The van der Waals surface area contributed by atoms with E-state index in [-0.39, 0.29) is 6.42 Å². The zero-order valence-corrected chi connectivity index (χ0v) is 12.6. The maximum atomic E-state index is 10.7. The van der Waals surface area contributed by atoms with Crippen LogP contribution in [-0.2, 0) is 11.2 Å². The molecule has 1 N–H and O–H groups in total. The molecular formula is C16H16O4S. The number of carboxylic acid groups (broad SMARTS) is 1. The molecule has 110 valence electrons. The maximum absolute atomic E-state index is 10.7. The van der Waals surface area contributed by atoms with Crippen molar-refractivity contribution < 1.29 is 19.4 Å². The highest BCUT2D eigenvalue weighted by Crippen LogP contribution is 2.37. The van der Waals surface area contributed by atoms with Gasteiger partial charge in [0.2, 0.25) is 0 Å². The molecule has 2 aromatic rings. The van der Waals surface area contributed by atoms with Gasteiger partial charge in [0, 0.05) is 11.0 Å². The van der Waals surface area contributed by atoms with E-state index in [1.165, 1.54) is 0 Å². The topological polar surface area (TPSA) is 55.8 Å². The summed E-state index contributed by atoms with van der Waals surface area (Å²) in [5.74, 6) is 0.661. The van der Waals surface area contributed by atoms with E-state index in [0.29, 0.717) is 0 Å². The SMILES string of the molecule is COc1ccc(Sc2ccc(CC(=O)O)cc2)c(OC)c1. The predicted molar refractivity (Wildman–Crippen MR) is 81.5 cm³/mol. The van der Waals surface area contributed by atoms with Crippen LogP contribution in [0.2, 0.25) is 0 Å². The Labute approximate surface area is 127 Å². The molecule has 0 aliphatic carbocycles. The summed E-state index contributed by atoms with van der Waals surface area (Å²) in [5, 5.41) is 8.76. The molecule has 2 rings (SSSR count). The smallest absolute Gasteiger partial charge is 0.307 e. The number of benzene rings is 2. The summed E-state index contributed by atoms with van der Waals surface area (Å²) in [6.45, 7) is 0. The lowest BCUT2D eigenvalue weighted by Crippen LogP contribution is -1.99. The highest BCUT2D eigenvalue weighted by Gasteiger charge is 2.07. The summed E-state index contributed by atoms with van der Waals surface area (Å²) >= 11 is 1.56. The van der Waals surface area contributed by atoms with E-state index in [1.54, 1.807) is 26.0 Å². The van der Waals surface area contributed by atoms with Gasteiger partial charge in [0.1, 0.15) is 11.5 Å². The zero-order chi connectivity index (χ0) is 15.2. The van der Waals surface area contributed by atoms with Crippen molar-refractivity contribution >= 4 is 17.7 Å². The van der Waals surface area contributed by atoms with Crippen LogP contribution in [0.15, 0.2) is 52.3 Å². The minimum Gasteiger partial charge on any atom is -0.497 e. The lowest BCUT2D eigenvalue weighted by atomic mass is 10.2. The Hall–Kier alpha value is -2.14. The van der Waals surface area contributed by atoms with E-state index in [4.69, 9.17) is 14.6 Å². The third kappa shape index (κ3) is 4.16. The molecular weight excluding hydrogens is 288 g/mol. The van der Waals surface area contributed by atoms with Crippen LogP contribution >= 0.6 is 11.8 Å². The first-order chi connectivity index (χ1) is 10.1. The molecule has 21 heavy (non-hydrogen) atoms. The number of carbonyl (C=O) groups is 1. The molecule has 0 aromatic heterocycles. The van der Waals surface area contributed by atoms with Crippen LogP contribution < -0.4 is 9.47 Å². The Bertz CT molecular complexity index is 623. The molecule has 0 amide bonds. The Balaban J connectivity index is 2.16. The minimum atomic E-state index is -0.827. The van der Waals surface area contributed by atoms with Crippen molar-refractivity contribution in [1.82, 2.24) is 0 Å². The van der Waals surface area contributed by atoms with E-state index < -0.39 is 5.97 Å². The van der Waals surface area contributed by atoms with Crippen LogP contribution in [0.3, 0.4) is 0 Å². The molecule has 0 saturated heterocycles. The second kappa shape index (κ2) is 7.04. The number of aliphatic carboxylic acids is 1. The molecule has 0 heterocycles. The average Bonchev–Trinajstić information content (AvgIpc) is 2.49. The first kappa shape index (κ1) is 15.3. The van der Waals surface area contributed by atoms with Crippen LogP contribution in [0.1, 0.15) is 5.56 Å². The van der Waals surface area contributed by atoms with Crippen molar-refractivity contribution in [3.63, 3.8) is 0 Å². The predicted octanol–water partition coefficient (Wildman–Crippen LogP) is 3.48. The molecule has 0 radical (unpaired) electrons. The van der Waals surface area contributed by atoms with Gasteiger partial charge in [0.05, 0.1) is 25.5 Å². The summed E-state index contributed by atoms with van der Waals surface area (Å²) in [4.78, 5) is 12.7. The number of hydrogen-bond acceptors (Lipinski definition) is 4. The highest BCUT2D eigenvalue weighted by atomic mass is 32.2. The fourth-order valence-electron chi connectivity index (χ4n) is 1.84. The van der Waals surface area contributed by atoms with E-state index in [2.05, 4.69) is 0 Å². The van der Waals surface area contributed by atoms with Crippen molar-refractivity contribution in [2.75, 3.05) is 14.2 Å². The molecule has 0 fully saturated rings. The molecule has 0 spiro atoms. The Morgan fingerprint density at radius 1 is 1.10 bits per heavy atom. The van der Waals surface area contributed by atoms with E-state index >= 15 is 0 Å². The quantitative estimate of drug-likeness (QED) is 0.885. The molecule has 5 heteroatoms. The zero-order valence-electron chi connectivity index (χ0n) is 11.8. The van der Waals surface area contributed by atoms with Gasteiger partial charge in [-0.15, -0.1) is 0 Å². The Kier molecular flexibility index (Phi) is 5.11. The van der Waals surface area contributed by atoms with Crippen LogP contribution in [0.4, 0.5) is 0 Å². The van der Waals surface area contributed by atoms with E-state index in [1.807, 2.05) is 42.5 Å². The van der Waals surface area contributed by atoms with Crippen LogP contribution in [0.5, 0.6) is 11.5 Å². The first-order valence-corrected chi connectivity index (χ1v) is 7.14. The van der Waals surface area contributed by atoms with Crippen molar-refractivity contribution in [1.29, 1.82) is 0 Å². The minimum absolute atomic E-state index is 0.0385. The lowest BCUT2D eigenvalue weighted by molar-refractivity contribution is -0.136. The fraction of sp³-hybridized carbons (Fsp3) is 0.188. The second-order valence-electron chi connectivity index (χ2n) is 4.33. The van der Waals surface area contributed by atoms with Gasteiger partial charge in [0.25, 0.3) is 0 Å². The molecule has 0 aliphatic rings. The van der Waals surface area contributed by atoms with Gasteiger partial charge < -0.3 is 14.6 Å². The summed E-state index contributed by atoms with van der Waals surface area (Å²) in [6.07, 6.45) is 0.0385. The summed E-state index contributed by atoms with van der Waals surface area (Å²) in [5.41, 5.74) is 0.786. The summed E-state index contributed by atoms with van der Waals surface area (Å²) in [7, 11) is 3.23. The molecule has 0 unspecified atom stereocenters. The maximum Gasteiger partial charge on any atom is 0.307 e. The third-order valence-electron chi connectivity index (χ3n) is 2.88. The molecule has 0 bridgehead atoms. The number of carboxylic acids is 1. The molecule has 0 aliphatic heterocycles. The van der Waals surface area contributed by atoms with Crippen molar-refractivity contribution in [3.8, 4) is 11.5 Å². The van der Waals surface area contributed by atoms with E-state index in [0.717, 1.165) is 26.9 Å². The van der Waals surface area contributed by atoms with Gasteiger partial charge >= 0.3 is 5.97 Å². The number of methoxy groups -OCH3 is 2. The van der Waals surface area contributed by atoms with Crippen LogP contribution in [0, 0.1) is 0 Å². The Morgan fingerprint density at radius 3 is 2.38 bits per heavy atom. The molecule has 2 aromatic carbocycles. The molecule has 0 saturated carbocycles. The van der Waals surface area contributed by atoms with Crippen LogP contribution in [0.25, 0.3) is 0 Å². The number of hydrogen-bond donors (Lipinski definition) is 1. The average molecular weight is 304 g/mol. The van der Waals surface area contributed by atoms with Crippen molar-refractivity contribution in [3.05, 3.63) is 48.0 Å². The van der Waals surface area contributed by atoms with Gasteiger partial charge in [-0.3, -0.25) is 4.79 Å². The fourth-order valence-corrected chi connectivity index (χ4v) is 2.74.